The van der Waals surface area contributed by atoms with Crippen LogP contribution in [0.4, 0.5) is 4.39 Å². The summed E-state index contributed by atoms with van der Waals surface area (Å²) < 4.78 is 14.1. The fraction of sp³-hybridized carbons (Fsp3) is 0.318. The average Bonchev–Trinajstić information content (AvgIpc) is 3.47. The van der Waals surface area contributed by atoms with Crippen molar-refractivity contribution in [2.45, 2.75) is 31.7 Å². The summed E-state index contributed by atoms with van der Waals surface area (Å²) in [5.41, 5.74) is 4.84. The molecule has 1 aliphatic heterocycles. The normalized spacial score (nSPS) is 17.4. The zero-order valence-corrected chi connectivity index (χ0v) is 14.2. The monoisotopic (exact) mass is 332 g/mol. The molecule has 4 rings (SSSR count). The van der Waals surface area contributed by atoms with Crippen LogP contribution in [0.2, 0.25) is 0 Å². The van der Waals surface area contributed by atoms with Crippen LogP contribution < -0.4 is 0 Å². The number of hydrogen-bond acceptors (Lipinski definition) is 2. The second-order valence-corrected chi connectivity index (χ2v) is 6.95. The van der Waals surface area contributed by atoms with Gasteiger partial charge in [0.25, 0.3) is 0 Å². The van der Waals surface area contributed by atoms with Crippen LogP contribution in [0.3, 0.4) is 0 Å². The topological polar surface area (TPSA) is 27.0 Å². The Morgan fingerprint density at radius 1 is 1.16 bits per heavy atom. The molecule has 0 spiro atoms. The standard InChI is InChI=1S/C22H21FN2/c23-21-13-17(9-10-18(21)14-24)20-6-4-5-19(22(20)16-7-8-16)15-25-11-2-1-3-12-25/h1-2,4-6,9-10,13,16H,3,7-8,11-12,15H2. The van der Waals surface area contributed by atoms with Gasteiger partial charge in [0.05, 0.1) is 5.56 Å². The van der Waals surface area contributed by atoms with Crippen molar-refractivity contribution in [3.8, 4) is 17.2 Å². The molecule has 1 aliphatic carbocycles. The summed E-state index contributed by atoms with van der Waals surface area (Å²) in [4.78, 5) is 2.46. The number of hydrogen-bond donors (Lipinski definition) is 0. The molecule has 25 heavy (non-hydrogen) atoms. The molecule has 0 aromatic heterocycles. The van der Waals surface area contributed by atoms with Gasteiger partial charge in [0.1, 0.15) is 11.9 Å². The summed E-state index contributed by atoms with van der Waals surface area (Å²) in [6.45, 7) is 3.04. The third-order valence-corrected chi connectivity index (χ3v) is 5.12. The molecule has 3 heteroatoms. The van der Waals surface area contributed by atoms with Gasteiger partial charge in [-0.15, -0.1) is 0 Å². The Hall–Kier alpha value is -2.44. The highest BCUT2D eigenvalue weighted by atomic mass is 19.1. The lowest BCUT2D eigenvalue weighted by Crippen LogP contribution is -2.27. The molecule has 2 aliphatic rings. The van der Waals surface area contributed by atoms with E-state index in [0.717, 1.165) is 37.2 Å². The Morgan fingerprint density at radius 2 is 2.04 bits per heavy atom. The van der Waals surface area contributed by atoms with Gasteiger partial charge in [-0.3, -0.25) is 4.90 Å². The zero-order chi connectivity index (χ0) is 17.2. The van der Waals surface area contributed by atoms with Crippen LogP contribution in [-0.4, -0.2) is 18.0 Å². The molecule has 126 valence electrons. The summed E-state index contributed by atoms with van der Waals surface area (Å²) in [6, 6.07) is 13.3. The van der Waals surface area contributed by atoms with Crippen molar-refractivity contribution in [1.82, 2.24) is 4.90 Å². The molecule has 0 amide bonds. The Kier molecular flexibility index (Phi) is 4.38. The third kappa shape index (κ3) is 3.36. The van der Waals surface area contributed by atoms with E-state index >= 15 is 0 Å². The molecule has 0 unspecified atom stereocenters. The minimum Gasteiger partial charge on any atom is -0.295 e. The molecular formula is C22H21FN2. The largest absolute Gasteiger partial charge is 0.295 e. The predicted molar refractivity (Wildman–Crippen MR) is 97.6 cm³/mol. The molecular weight excluding hydrogens is 311 g/mol. The van der Waals surface area contributed by atoms with E-state index in [2.05, 4.69) is 35.3 Å². The summed E-state index contributed by atoms with van der Waals surface area (Å²) in [7, 11) is 0. The fourth-order valence-corrected chi connectivity index (χ4v) is 3.70. The quantitative estimate of drug-likeness (QED) is 0.736. The molecule has 1 fully saturated rings. The van der Waals surface area contributed by atoms with Crippen LogP contribution >= 0.6 is 0 Å². The summed E-state index contributed by atoms with van der Waals surface area (Å²) in [6.07, 6.45) is 8.01. The molecule has 0 radical (unpaired) electrons. The van der Waals surface area contributed by atoms with Gasteiger partial charge in [-0.25, -0.2) is 4.39 Å². The van der Waals surface area contributed by atoms with Crippen molar-refractivity contribution >= 4 is 0 Å². The van der Waals surface area contributed by atoms with Crippen LogP contribution in [0.5, 0.6) is 0 Å². The van der Waals surface area contributed by atoms with Gasteiger partial charge < -0.3 is 0 Å². The molecule has 0 N–H and O–H groups in total. The lowest BCUT2D eigenvalue weighted by atomic mass is 9.91. The second-order valence-electron chi connectivity index (χ2n) is 6.95. The van der Waals surface area contributed by atoms with E-state index in [1.165, 1.54) is 30.0 Å². The molecule has 0 atom stereocenters. The van der Waals surface area contributed by atoms with Crippen molar-refractivity contribution in [3.63, 3.8) is 0 Å². The van der Waals surface area contributed by atoms with Crippen LogP contribution in [0, 0.1) is 17.1 Å². The van der Waals surface area contributed by atoms with Gasteiger partial charge >= 0.3 is 0 Å². The molecule has 2 nitrogen and oxygen atoms in total. The molecule has 0 saturated heterocycles. The first kappa shape index (κ1) is 16.1. The molecule has 1 saturated carbocycles. The lowest BCUT2D eigenvalue weighted by molar-refractivity contribution is 0.290. The average molecular weight is 332 g/mol. The minimum atomic E-state index is -0.437. The highest BCUT2D eigenvalue weighted by molar-refractivity contribution is 5.71. The number of benzene rings is 2. The van der Waals surface area contributed by atoms with Gasteiger partial charge in [0, 0.05) is 19.6 Å². The van der Waals surface area contributed by atoms with E-state index in [1.807, 2.05) is 12.1 Å². The van der Waals surface area contributed by atoms with Gasteiger partial charge in [0.2, 0.25) is 0 Å². The highest BCUT2D eigenvalue weighted by Crippen LogP contribution is 2.46. The van der Waals surface area contributed by atoms with E-state index in [1.54, 1.807) is 6.07 Å². The van der Waals surface area contributed by atoms with E-state index in [4.69, 9.17) is 5.26 Å². The zero-order valence-electron chi connectivity index (χ0n) is 14.2. The van der Waals surface area contributed by atoms with Gasteiger partial charge in [-0.1, -0.05) is 36.4 Å². The summed E-state index contributed by atoms with van der Waals surface area (Å²) in [5.74, 6) is 0.151. The van der Waals surface area contributed by atoms with Gasteiger partial charge in [-0.2, -0.15) is 5.26 Å². The SMILES string of the molecule is N#Cc1ccc(-c2cccc(CN3CC=CCC3)c2C2CC2)cc1F. The smallest absolute Gasteiger partial charge is 0.141 e. The van der Waals surface area contributed by atoms with E-state index in [-0.39, 0.29) is 5.56 Å². The Bertz CT molecular complexity index is 859. The predicted octanol–water partition coefficient (Wildman–Crippen LogP) is 5.00. The van der Waals surface area contributed by atoms with Crippen molar-refractivity contribution in [2.24, 2.45) is 0 Å². The van der Waals surface area contributed by atoms with Crippen molar-refractivity contribution < 1.29 is 4.39 Å². The van der Waals surface area contributed by atoms with Crippen LogP contribution in [0.1, 0.15) is 41.9 Å². The first-order valence-electron chi connectivity index (χ1n) is 8.95. The maximum atomic E-state index is 14.1. The molecule has 2 aromatic rings. The van der Waals surface area contributed by atoms with Crippen molar-refractivity contribution in [2.75, 3.05) is 13.1 Å². The molecule has 2 aromatic carbocycles. The van der Waals surface area contributed by atoms with Crippen molar-refractivity contribution in [3.05, 3.63) is 71.1 Å². The first-order valence-corrected chi connectivity index (χ1v) is 8.95. The number of halogens is 1. The maximum absolute atomic E-state index is 14.1. The van der Waals surface area contributed by atoms with Crippen LogP contribution in [0.15, 0.2) is 48.6 Å². The van der Waals surface area contributed by atoms with Crippen LogP contribution in [-0.2, 0) is 6.54 Å². The summed E-state index contributed by atoms with van der Waals surface area (Å²) >= 11 is 0. The minimum absolute atomic E-state index is 0.105. The van der Waals surface area contributed by atoms with E-state index in [0.29, 0.717) is 5.92 Å². The maximum Gasteiger partial charge on any atom is 0.141 e. The first-order chi connectivity index (χ1) is 12.3. The number of nitriles is 1. The Morgan fingerprint density at radius 3 is 2.72 bits per heavy atom. The lowest BCUT2D eigenvalue weighted by Gasteiger charge is -2.25. The van der Waals surface area contributed by atoms with E-state index < -0.39 is 5.82 Å². The number of rotatable bonds is 4. The van der Waals surface area contributed by atoms with Gasteiger partial charge in [-0.05, 0) is 59.6 Å². The molecule has 0 bridgehead atoms. The van der Waals surface area contributed by atoms with E-state index in [9.17, 15) is 4.39 Å². The fourth-order valence-electron chi connectivity index (χ4n) is 3.70. The van der Waals surface area contributed by atoms with Crippen LogP contribution in [0.25, 0.3) is 11.1 Å². The Labute approximate surface area is 148 Å². The second kappa shape index (κ2) is 6.82. The summed E-state index contributed by atoms with van der Waals surface area (Å²) in [5, 5.41) is 8.96. The number of nitrogens with zero attached hydrogens (tertiary/aromatic N) is 2. The Balaban J connectivity index is 1.73. The molecule has 1 heterocycles. The van der Waals surface area contributed by atoms with Crippen molar-refractivity contribution in [1.29, 1.82) is 5.26 Å². The van der Waals surface area contributed by atoms with Gasteiger partial charge in [0.15, 0.2) is 0 Å². The third-order valence-electron chi connectivity index (χ3n) is 5.12. The highest BCUT2D eigenvalue weighted by Gasteiger charge is 2.29.